The summed E-state index contributed by atoms with van der Waals surface area (Å²) in [6.07, 6.45) is 0.262. The maximum Gasteiger partial charge on any atom is 0.410 e. The molecule has 12 atom stereocenters. The Bertz CT molecular complexity index is 2790. The number of ether oxygens (including phenoxy) is 3. The van der Waals surface area contributed by atoms with Gasteiger partial charge in [0.1, 0.15) is 15.6 Å². The summed E-state index contributed by atoms with van der Waals surface area (Å²) in [6, 6.07) is 12.4. The molecule has 0 spiro atoms. The molecule has 90 heavy (non-hydrogen) atoms. The summed E-state index contributed by atoms with van der Waals surface area (Å²) >= 11 is 6.22. The number of carbonyl (C=O) groups is 10. The first kappa shape index (κ1) is 76.6. The molecule has 2 aromatic rings. The molecule has 2 aliphatic rings. The van der Waals surface area contributed by atoms with Crippen LogP contribution in [0.1, 0.15) is 158 Å². The number of hydrogen-bond acceptors (Lipinski definition) is 14. The molecule has 4 N–H and O–H groups in total. The van der Waals surface area contributed by atoms with Crippen molar-refractivity contribution in [3.8, 4) is 0 Å². The highest BCUT2D eigenvalue weighted by Gasteiger charge is 2.44. The Morgan fingerprint density at radius 3 is 1.90 bits per heavy atom. The number of benzene rings is 2. The van der Waals surface area contributed by atoms with Gasteiger partial charge in [-0.25, -0.2) is 4.79 Å². The molecule has 8 amide bonds. The molecule has 23 heteroatoms. The number of methoxy groups -OCH3 is 2. The third kappa shape index (κ3) is 20.8. The van der Waals surface area contributed by atoms with E-state index in [2.05, 4.69) is 47.8 Å². The van der Waals surface area contributed by atoms with E-state index in [1.165, 1.54) is 26.2 Å². The van der Waals surface area contributed by atoms with Gasteiger partial charge in [-0.15, -0.1) is 0 Å². The summed E-state index contributed by atoms with van der Waals surface area (Å²) in [6.45, 7) is 20.6. The molecule has 0 bridgehead atoms. The summed E-state index contributed by atoms with van der Waals surface area (Å²) < 4.78 is 18.1. The zero-order valence-corrected chi connectivity index (χ0v) is 58.5. The number of ketones is 2. The predicted molar refractivity (Wildman–Crippen MR) is 350 cm³/mol. The van der Waals surface area contributed by atoms with Crippen molar-refractivity contribution in [1.29, 1.82) is 0 Å². The van der Waals surface area contributed by atoms with Crippen LogP contribution in [0.4, 0.5) is 10.5 Å². The molecule has 0 aliphatic carbocycles. The second-order valence-corrected chi connectivity index (χ2v) is 27.0. The van der Waals surface area contributed by atoms with Gasteiger partial charge in [-0.05, 0) is 111 Å². The number of nitrogens with zero attached hydrogens (tertiary/aromatic N) is 4. The molecule has 0 saturated carbocycles. The first-order valence-corrected chi connectivity index (χ1v) is 33.2. The van der Waals surface area contributed by atoms with Crippen molar-refractivity contribution in [2.24, 2.45) is 41.4 Å². The van der Waals surface area contributed by atoms with Crippen LogP contribution in [-0.2, 0) is 64.0 Å². The third-order valence-electron chi connectivity index (χ3n) is 17.7. The minimum atomic E-state index is -0.943. The van der Waals surface area contributed by atoms with E-state index in [1.807, 2.05) is 73.6 Å². The first-order chi connectivity index (χ1) is 42.4. The number of aliphatic hydroxyl groups is 1. The highest BCUT2D eigenvalue weighted by Crippen LogP contribution is 2.33. The summed E-state index contributed by atoms with van der Waals surface area (Å²) in [4.78, 5) is 141. The summed E-state index contributed by atoms with van der Waals surface area (Å²) in [5.41, 5.74) is 1.71. The van der Waals surface area contributed by atoms with Gasteiger partial charge >= 0.3 is 6.09 Å². The Labute approximate surface area is 549 Å². The highest BCUT2D eigenvalue weighted by atomic mass is 79.9. The number of unbranched alkanes of at least 4 members (excludes halogenated alkanes) is 2. The van der Waals surface area contributed by atoms with E-state index in [0.29, 0.717) is 61.9 Å². The van der Waals surface area contributed by atoms with E-state index in [1.54, 1.807) is 74.0 Å². The minimum Gasteiger partial charge on any atom is -0.445 e. The van der Waals surface area contributed by atoms with Crippen LogP contribution in [0.3, 0.4) is 0 Å². The monoisotopic (exact) mass is 1380 g/mol. The minimum absolute atomic E-state index is 0.0586. The lowest BCUT2D eigenvalue weighted by Gasteiger charge is -2.41. The van der Waals surface area contributed by atoms with Gasteiger partial charge in [0.2, 0.25) is 29.5 Å². The number of hydrogen-bond donors (Lipinski definition) is 4. The maximum atomic E-state index is 14.8. The van der Waals surface area contributed by atoms with Crippen molar-refractivity contribution >= 4 is 96.6 Å². The van der Waals surface area contributed by atoms with Crippen LogP contribution in [0.5, 0.6) is 0 Å². The molecule has 2 aromatic carbocycles. The second-order valence-electron chi connectivity index (χ2n) is 25.4. The fourth-order valence-electron chi connectivity index (χ4n) is 12.1. The van der Waals surface area contributed by atoms with Gasteiger partial charge < -0.3 is 50.0 Å². The first-order valence-electron chi connectivity index (χ1n) is 31.6. The third-order valence-corrected chi connectivity index (χ3v) is 19.7. The second kappa shape index (κ2) is 36.4. The number of likely N-dealkylation sites (N-methyl/N-ethyl adjacent to an activating group) is 2. The highest BCUT2D eigenvalue weighted by molar-refractivity contribution is 9.14. The fraction of sp³-hybridized carbons (Fsp3) is 0.642. The molecule has 1 saturated heterocycles. The number of nitrogens with one attached hydrogen (secondary N) is 3. The lowest BCUT2D eigenvalue weighted by molar-refractivity contribution is -0.149. The number of anilines is 1. The van der Waals surface area contributed by atoms with E-state index in [-0.39, 0.29) is 107 Å². The van der Waals surface area contributed by atoms with Crippen LogP contribution < -0.4 is 16.0 Å². The Balaban J connectivity index is 1.31. The molecule has 1 fully saturated rings. The molecule has 2 heterocycles. The molecule has 0 aromatic heterocycles. The molecule has 0 unspecified atom stereocenters. The Morgan fingerprint density at radius 2 is 1.34 bits per heavy atom. The zero-order valence-electron chi connectivity index (χ0n) is 55.3. The summed E-state index contributed by atoms with van der Waals surface area (Å²) in [5, 5.41) is 19.5. The number of rotatable bonds is 36. The number of imide groups is 1. The van der Waals surface area contributed by atoms with Crippen molar-refractivity contribution in [2.75, 3.05) is 46.7 Å². The van der Waals surface area contributed by atoms with Crippen molar-refractivity contribution in [2.45, 2.75) is 195 Å². The largest absolute Gasteiger partial charge is 0.445 e. The predicted octanol–water partition coefficient (Wildman–Crippen LogP) is 9.27. The average molecular weight is 1390 g/mol. The van der Waals surface area contributed by atoms with Gasteiger partial charge in [0.15, 0.2) is 11.6 Å². The Kier molecular flexibility index (Phi) is 31.0. The zero-order chi connectivity index (χ0) is 67.4. The lowest BCUT2D eigenvalue weighted by Crippen LogP contribution is -2.55. The standard InChI is InChI=1S/C67H99Br2N7O14/c1-16-41(8)59(52(88-14)36-54(80)75-33-23-26-49(75)61(89-15)43(10)63(83)70-44(11)60(81)46-24-19-17-20-25-46)73(12)64(84)48(38(2)3)35-51(78)58(40(6)7)74(13)67(87)90-37-45-28-30-47(31-29-45)71-62(82)42(9)34-50(77)57(39(4)5)72-53(79)27-21-18-22-32-76-65(85)55(68)56(69)66(76)86/h17,19-20,24-25,28-31,38-44,48-49,52,57-61,81H,16,18,21-23,26-27,32-37H2,1-15H3,(H,70,83)(H,71,82)(H,72,79)/t41-,42+,43-,44+,48+,49+,52-,57-,58+,59+,60+,61-/m1/s1. The molecule has 21 nitrogen and oxygen atoms in total. The van der Waals surface area contributed by atoms with Crippen molar-refractivity contribution < 1.29 is 67.3 Å². The number of aliphatic hydroxyl groups excluding tert-OH is 1. The number of likely N-dealkylation sites (tertiary alicyclic amines) is 1. The molecule has 500 valence electrons. The van der Waals surface area contributed by atoms with Crippen molar-refractivity contribution in [1.82, 2.24) is 30.2 Å². The summed E-state index contributed by atoms with van der Waals surface area (Å²) in [5.74, 6) is -6.19. The fourth-order valence-corrected chi connectivity index (χ4v) is 12.8. The van der Waals surface area contributed by atoms with E-state index in [4.69, 9.17) is 14.2 Å². The van der Waals surface area contributed by atoms with Gasteiger partial charge in [0, 0.05) is 78.2 Å². The maximum absolute atomic E-state index is 14.8. The molecular weight excluding hydrogens is 1290 g/mol. The average Bonchev–Trinajstić information content (AvgIpc) is 1.62. The van der Waals surface area contributed by atoms with Gasteiger partial charge in [-0.1, -0.05) is 125 Å². The lowest BCUT2D eigenvalue weighted by atomic mass is 9.83. The van der Waals surface area contributed by atoms with Crippen LogP contribution in [0.25, 0.3) is 0 Å². The SMILES string of the molecule is CC[C@@H](C)[C@@H]([C@@H](CC(=O)N1CCC[C@H]1[C@H](OC)[C@@H](C)C(=O)N[C@@H](C)[C@H](O)c1ccccc1)OC)N(C)C(=O)[C@@H](CC(=O)[C@H](C(C)C)N(C)C(=O)OCc1ccc(NC(=O)[C@@H](C)CC(=O)[C@H](NC(=O)CCCCCN2C(=O)C(Br)=C(Br)C2=O)C(C)C)cc1)C(C)C. The van der Waals surface area contributed by atoms with E-state index in [9.17, 15) is 53.1 Å². The molecular formula is C67H99Br2N7O14. The molecule has 2 aliphatic heterocycles. The van der Waals surface area contributed by atoms with Gasteiger partial charge in [-0.3, -0.25) is 48.1 Å². The smallest absolute Gasteiger partial charge is 0.410 e. The van der Waals surface area contributed by atoms with Gasteiger partial charge in [0.25, 0.3) is 11.8 Å². The van der Waals surface area contributed by atoms with Crippen molar-refractivity contribution in [3.63, 3.8) is 0 Å². The quantitative estimate of drug-likeness (QED) is 0.0366. The number of carbonyl (C=O) groups excluding carboxylic acids is 10. The normalized spacial score (nSPS) is 18.1. The molecule has 4 rings (SSSR count). The van der Waals surface area contributed by atoms with Crippen LogP contribution in [0.15, 0.2) is 63.6 Å². The Morgan fingerprint density at radius 1 is 0.722 bits per heavy atom. The topological polar surface area (TPSA) is 268 Å². The van der Waals surface area contributed by atoms with Crippen LogP contribution in [0, 0.1) is 41.4 Å². The van der Waals surface area contributed by atoms with Gasteiger partial charge in [0.05, 0.1) is 60.9 Å². The van der Waals surface area contributed by atoms with E-state index >= 15 is 0 Å². The van der Waals surface area contributed by atoms with Crippen LogP contribution in [-0.4, -0.2) is 168 Å². The summed E-state index contributed by atoms with van der Waals surface area (Å²) in [7, 11) is 6.22. The number of amides is 8. The molecule has 0 radical (unpaired) electrons. The van der Waals surface area contributed by atoms with E-state index < -0.39 is 90.1 Å². The van der Waals surface area contributed by atoms with Gasteiger partial charge in [-0.2, -0.15) is 0 Å². The van der Waals surface area contributed by atoms with Crippen LogP contribution >= 0.6 is 31.9 Å². The van der Waals surface area contributed by atoms with E-state index in [0.717, 1.165) is 4.90 Å². The number of halogens is 2. The number of Topliss-reactive ketones (excluding diaryl/α,β-unsaturated/α-hetero) is 2. The van der Waals surface area contributed by atoms with Crippen LogP contribution in [0.2, 0.25) is 0 Å². The van der Waals surface area contributed by atoms with Crippen molar-refractivity contribution in [3.05, 3.63) is 74.7 Å². The Hall–Kier alpha value is -5.88.